The van der Waals surface area contributed by atoms with Gasteiger partial charge in [0.05, 0.1) is 17.9 Å². The molecule has 2 aromatic rings. The number of anilines is 1. The number of phenolic OH excluding ortho intramolecular Hbond substituents is 2. The van der Waals surface area contributed by atoms with Crippen LogP contribution in [0.15, 0.2) is 48.5 Å². The molecule has 0 aliphatic rings. The molecule has 7 heteroatoms. The Bertz CT molecular complexity index is 764. The van der Waals surface area contributed by atoms with E-state index in [9.17, 15) is 14.8 Å². The fourth-order valence-corrected chi connectivity index (χ4v) is 4.85. The molecule has 142 valence electrons. The van der Waals surface area contributed by atoms with E-state index in [2.05, 4.69) is 5.32 Å². The Balaban J connectivity index is 2.56. The summed E-state index contributed by atoms with van der Waals surface area (Å²) in [5.74, 6) is -1.05. The molecule has 2 rings (SSSR count). The highest BCUT2D eigenvalue weighted by Gasteiger charge is 2.41. The molecule has 0 spiro atoms. The lowest BCUT2D eigenvalue weighted by molar-refractivity contribution is 0.137. The summed E-state index contributed by atoms with van der Waals surface area (Å²) in [6, 6.07) is 13.1. The summed E-state index contributed by atoms with van der Waals surface area (Å²) < 4.78 is 25.1. The monoisotopic (exact) mass is 379 g/mol. The topological polar surface area (TPSA) is 88.0 Å². The van der Waals surface area contributed by atoms with Gasteiger partial charge >= 0.3 is 7.60 Å². The Morgan fingerprint density at radius 3 is 1.85 bits per heavy atom. The van der Waals surface area contributed by atoms with Gasteiger partial charge in [0.15, 0.2) is 5.78 Å². The summed E-state index contributed by atoms with van der Waals surface area (Å²) >= 11 is 0. The highest BCUT2D eigenvalue weighted by molar-refractivity contribution is 7.54. The van der Waals surface area contributed by atoms with Crippen LogP contribution in [0.25, 0.3) is 0 Å². The van der Waals surface area contributed by atoms with Gasteiger partial charge in [-0.05, 0) is 45.9 Å². The number of para-hydroxylation sites is 3. The zero-order valence-corrected chi connectivity index (χ0v) is 16.3. The molecule has 0 aliphatic heterocycles. The summed E-state index contributed by atoms with van der Waals surface area (Å²) in [6.45, 7) is 7.05. The van der Waals surface area contributed by atoms with Crippen molar-refractivity contribution in [3.8, 4) is 11.5 Å². The minimum Gasteiger partial charge on any atom is -0.508 e. The predicted molar refractivity (Wildman–Crippen MR) is 103 cm³/mol. The van der Waals surface area contributed by atoms with E-state index in [4.69, 9.17) is 9.05 Å². The first-order valence-electron chi connectivity index (χ1n) is 8.52. The van der Waals surface area contributed by atoms with Crippen molar-refractivity contribution in [1.29, 1.82) is 0 Å². The van der Waals surface area contributed by atoms with Crippen LogP contribution in [0.3, 0.4) is 0 Å². The van der Waals surface area contributed by atoms with E-state index in [1.807, 2.05) is 0 Å². The van der Waals surface area contributed by atoms with Crippen molar-refractivity contribution >= 4 is 13.3 Å². The Morgan fingerprint density at radius 1 is 0.846 bits per heavy atom. The van der Waals surface area contributed by atoms with E-state index in [1.54, 1.807) is 64.1 Å². The Labute approximate surface area is 154 Å². The van der Waals surface area contributed by atoms with Crippen molar-refractivity contribution in [3.05, 3.63) is 54.1 Å². The minimum atomic E-state index is -3.76. The summed E-state index contributed by atoms with van der Waals surface area (Å²) in [5.41, 5.74) is 0.723. The van der Waals surface area contributed by atoms with Crippen LogP contribution in [0.4, 0.5) is 5.69 Å². The Hall–Kier alpha value is -2.01. The van der Waals surface area contributed by atoms with Crippen LogP contribution in [0.2, 0.25) is 0 Å². The van der Waals surface area contributed by atoms with Crippen molar-refractivity contribution in [1.82, 2.24) is 0 Å². The van der Waals surface area contributed by atoms with Crippen LogP contribution in [0.1, 0.15) is 39.0 Å². The molecule has 0 radical (unpaired) electrons. The molecule has 0 amide bonds. The van der Waals surface area contributed by atoms with Gasteiger partial charge in [-0.25, -0.2) is 0 Å². The Kier molecular flexibility index (Phi) is 6.70. The van der Waals surface area contributed by atoms with Gasteiger partial charge < -0.3 is 24.6 Å². The maximum atomic E-state index is 13.7. The van der Waals surface area contributed by atoms with Crippen LogP contribution < -0.4 is 5.32 Å². The lowest BCUT2D eigenvalue weighted by Gasteiger charge is -2.31. The summed E-state index contributed by atoms with van der Waals surface area (Å²) in [4.78, 5) is 0. The van der Waals surface area contributed by atoms with Crippen molar-refractivity contribution in [2.75, 3.05) is 5.32 Å². The van der Waals surface area contributed by atoms with Crippen molar-refractivity contribution in [3.63, 3.8) is 0 Å². The highest BCUT2D eigenvalue weighted by atomic mass is 31.2. The minimum absolute atomic E-state index is 0.00596. The van der Waals surface area contributed by atoms with Crippen molar-refractivity contribution < 1.29 is 23.8 Å². The molecule has 2 aromatic carbocycles. The van der Waals surface area contributed by atoms with Gasteiger partial charge in [-0.3, -0.25) is 4.57 Å². The van der Waals surface area contributed by atoms with Crippen LogP contribution in [-0.2, 0) is 13.6 Å². The number of aromatic hydroxyl groups is 2. The van der Waals surface area contributed by atoms with Gasteiger partial charge in [-0.15, -0.1) is 0 Å². The average molecular weight is 379 g/mol. The Morgan fingerprint density at radius 2 is 1.35 bits per heavy atom. The number of benzene rings is 2. The molecule has 0 saturated heterocycles. The first kappa shape index (κ1) is 20.3. The molecule has 0 aromatic heterocycles. The molecule has 6 nitrogen and oxygen atoms in total. The summed E-state index contributed by atoms with van der Waals surface area (Å²) in [6.07, 6.45) is -0.724. The predicted octanol–water partition coefficient (Wildman–Crippen LogP) is 5.25. The molecule has 0 bridgehead atoms. The average Bonchev–Trinajstić information content (AvgIpc) is 2.53. The van der Waals surface area contributed by atoms with Gasteiger partial charge in [-0.1, -0.05) is 30.3 Å². The second-order valence-corrected chi connectivity index (χ2v) is 8.49. The van der Waals surface area contributed by atoms with Crippen LogP contribution in [0, 0.1) is 0 Å². The maximum Gasteiger partial charge on any atom is 0.357 e. The van der Waals surface area contributed by atoms with Gasteiger partial charge in [-0.2, -0.15) is 0 Å². The number of rotatable bonds is 8. The zero-order valence-electron chi connectivity index (χ0n) is 15.4. The normalized spacial score (nSPS) is 13.2. The van der Waals surface area contributed by atoms with Gasteiger partial charge in [0.1, 0.15) is 11.5 Å². The number of phenols is 2. The lowest BCUT2D eigenvalue weighted by atomic mass is 10.2. The molecule has 1 unspecified atom stereocenters. The lowest BCUT2D eigenvalue weighted by Crippen LogP contribution is -2.19. The SMILES string of the molecule is CC(C)OP(=O)(OC(C)C)C(Nc1ccccc1O)c1ccccc1O. The van der Waals surface area contributed by atoms with E-state index in [1.165, 1.54) is 12.1 Å². The third-order valence-electron chi connectivity index (χ3n) is 3.46. The third kappa shape index (κ3) is 5.01. The molecule has 1 atom stereocenters. The van der Waals surface area contributed by atoms with E-state index in [0.717, 1.165) is 0 Å². The molecule has 0 aliphatic carbocycles. The van der Waals surface area contributed by atoms with E-state index >= 15 is 0 Å². The maximum absolute atomic E-state index is 13.7. The van der Waals surface area contributed by atoms with E-state index < -0.39 is 13.4 Å². The van der Waals surface area contributed by atoms with Crippen LogP contribution in [0.5, 0.6) is 11.5 Å². The summed E-state index contributed by atoms with van der Waals surface area (Å²) in [5, 5.41) is 23.5. The number of hydrogen-bond donors (Lipinski definition) is 3. The standard InChI is InChI=1S/C19H26NO5P/c1-13(2)24-26(23,25-14(3)4)19(15-9-5-7-11-17(15)21)20-16-10-6-8-12-18(16)22/h5-14,19-22H,1-4H3. The van der Waals surface area contributed by atoms with Crippen LogP contribution in [-0.4, -0.2) is 22.4 Å². The quantitative estimate of drug-likeness (QED) is 0.429. The smallest absolute Gasteiger partial charge is 0.357 e. The second-order valence-electron chi connectivity index (χ2n) is 6.47. The third-order valence-corrected chi connectivity index (χ3v) is 5.93. The largest absolute Gasteiger partial charge is 0.508 e. The van der Waals surface area contributed by atoms with Gasteiger partial charge in [0.2, 0.25) is 0 Å². The van der Waals surface area contributed by atoms with Crippen LogP contribution >= 0.6 is 7.60 Å². The highest BCUT2D eigenvalue weighted by Crippen LogP contribution is 2.63. The van der Waals surface area contributed by atoms with Crippen molar-refractivity contribution in [2.24, 2.45) is 0 Å². The molecule has 0 heterocycles. The zero-order chi connectivity index (χ0) is 19.3. The molecule has 26 heavy (non-hydrogen) atoms. The first-order chi connectivity index (χ1) is 12.2. The van der Waals surface area contributed by atoms with Crippen molar-refractivity contribution in [2.45, 2.75) is 45.7 Å². The van der Waals surface area contributed by atoms with E-state index in [-0.39, 0.29) is 23.7 Å². The second kappa shape index (κ2) is 8.58. The first-order valence-corrected chi connectivity index (χ1v) is 10.1. The fraction of sp³-hybridized carbons (Fsp3) is 0.368. The molecular formula is C19H26NO5P. The van der Waals surface area contributed by atoms with Gasteiger partial charge in [0, 0.05) is 5.56 Å². The number of hydrogen-bond acceptors (Lipinski definition) is 6. The fourth-order valence-electron chi connectivity index (χ4n) is 2.52. The van der Waals surface area contributed by atoms with Gasteiger partial charge in [0.25, 0.3) is 0 Å². The summed E-state index contributed by atoms with van der Waals surface area (Å²) in [7, 11) is -3.76. The van der Waals surface area contributed by atoms with E-state index in [0.29, 0.717) is 11.3 Å². The number of nitrogens with one attached hydrogen (secondary N) is 1. The molecule has 3 N–H and O–H groups in total. The molecule has 0 fully saturated rings. The molecule has 0 saturated carbocycles. The molecular weight excluding hydrogens is 353 g/mol.